The van der Waals surface area contributed by atoms with E-state index in [-0.39, 0.29) is 0 Å². The van der Waals surface area contributed by atoms with Crippen molar-refractivity contribution in [3.8, 4) is 0 Å². The van der Waals surface area contributed by atoms with Crippen molar-refractivity contribution in [2.45, 2.75) is 33.6 Å². The molecule has 1 unspecified atom stereocenters. The van der Waals surface area contributed by atoms with Crippen molar-refractivity contribution in [2.75, 3.05) is 13.2 Å². The average molecular weight is 145 g/mol. The van der Waals surface area contributed by atoms with Crippen LogP contribution in [0.3, 0.4) is 0 Å². The van der Waals surface area contributed by atoms with E-state index in [0.717, 1.165) is 13.2 Å². The Morgan fingerprint density at radius 3 is 2.60 bits per heavy atom. The fourth-order valence-electron chi connectivity index (χ4n) is 0.879. The van der Waals surface area contributed by atoms with Gasteiger partial charge < -0.3 is 4.84 Å². The summed E-state index contributed by atoms with van der Waals surface area (Å²) in [5, 5.41) is 0. The number of hydrogen-bond acceptors (Lipinski definition) is 2. The molecule has 2 heteroatoms. The largest absolute Gasteiger partial charge is 0.302 e. The van der Waals surface area contributed by atoms with Crippen LogP contribution in [0.1, 0.15) is 33.6 Å². The minimum atomic E-state index is 0.684. The molecule has 0 spiro atoms. The highest BCUT2D eigenvalue weighted by Crippen LogP contribution is 2.03. The fraction of sp³-hybridized carbons (Fsp3) is 1.00. The molecule has 0 bridgehead atoms. The molecule has 0 amide bonds. The minimum absolute atomic E-state index is 0.684. The zero-order valence-corrected chi connectivity index (χ0v) is 7.31. The number of rotatable bonds is 6. The van der Waals surface area contributed by atoms with Crippen LogP contribution in [-0.4, -0.2) is 13.2 Å². The van der Waals surface area contributed by atoms with Gasteiger partial charge in [0, 0.05) is 6.54 Å². The molecule has 2 nitrogen and oxygen atoms in total. The second-order valence-corrected chi connectivity index (χ2v) is 2.70. The Kier molecular flexibility index (Phi) is 6.98. The molecule has 0 saturated carbocycles. The lowest BCUT2D eigenvalue weighted by atomic mass is 10.1. The Hall–Kier alpha value is -0.0800. The third kappa shape index (κ3) is 6.05. The molecule has 0 heterocycles. The second-order valence-electron chi connectivity index (χ2n) is 2.70. The van der Waals surface area contributed by atoms with E-state index < -0.39 is 0 Å². The van der Waals surface area contributed by atoms with Crippen molar-refractivity contribution in [3.63, 3.8) is 0 Å². The number of hydrogen-bond donors (Lipinski definition) is 1. The van der Waals surface area contributed by atoms with Crippen LogP contribution in [0.25, 0.3) is 0 Å². The number of hydroxylamine groups is 1. The Morgan fingerprint density at radius 2 is 2.10 bits per heavy atom. The van der Waals surface area contributed by atoms with Crippen molar-refractivity contribution >= 4 is 0 Å². The van der Waals surface area contributed by atoms with Crippen LogP contribution in [0.2, 0.25) is 0 Å². The third-order valence-electron chi connectivity index (χ3n) is 1.40. The first-order chi connectivity index (χ1) is 4.81. The molecule has 0 fully saturated rings. The Balaban J connectivity index is 2.97. The summed E-state index contributed by atoms with van der Waals surface area (Å²) < 4.78 is 0. The van der Waals surface area contributed by atoms with E-state index >= 15 is 0 Å². The van der Waals surface area contributed by atoms with E-state index in [0.29, 0.717) is 5.92 Å². The van der Waals surface area contributed by atoms with Gasteiger partial charge in [0.15, 0.2) is 0 Å². The SMILES string of the molecule is CCCC(C)CONCC. The minimum Gasteiger partial charge on any atom is -0.302 e. The summed E-state index contributed by atoms with van der Waals surface area (Å²) in [6, 6.07) is 0. The molecule has 62 valence electrons. The van der Waals surface area contributed by atoms with Gasteiger partial charge >= 0.3 is 0 Å². The van der Waals surface area contributed by atoms with Crippen molar-refractivity contribution < 1.29 is 4.84 Å². The zero-order valence-electron chi connectivity index (χ0n) is 7.31. The molecule has 0 saturated heterocycles. The van der Waals surface area contributed by atoms with Gasteiger partial charge in [0.05, 0.1) is 6.61 Å². The summed E-state index contributed by atoms with van der Waals surface area (Å²) in [6.07, 6.45) is 2.50. The van der Waals surface area contributed by atoms with Gasteiger partial charge in [0.1, 0.15) is 0 Å². The molecule has 0 rings (SSSR count). The predicted molar refractivity (Wildman–Crippen MR) is 43.7 cm³/mol. The molecular weight excluding hydrogens is 126 g/mol. The van der Waals surface area contributed by atoms with Crippen LogP contribution in [0.5, 0.6) is 0 Å². The highest BCUT2D eigenvalue weighted by Gasteiger charge is 1.98. The molecule has 0 aliphatic heterocycles. The van der Waals surface area contributed by atoms with Gasteiger partial charge in [-0.15, -0.1) is 0 Å². The first kappa shape index (κ1) is 9.92. The van der Waals surface area contributed by atoms with Gasteiger partial charge in [0.25, 0.3) is 0 Å². The summed E-state index contributed by atoms with van der Waals surface area (Å²) in [5.74, 6) is 0.684. The lowest BCUT2D eigenvalue weighted by Gasteiger charge is -2.09. The van der Waals surface area contributed by atoms with E-state index in [1.54, 1.807) is 0 Å². The normalized spacial score (nSPS) is 13.5. The van der Waals surface area contributed by atoms with Gasteiger partial charge in [-0.05, 0) is 12.3 Å². The Morgan fingerprint density at radius 1 is 1.40 bits per heavy atom. The van der Waals surface area contributed by atoms with Crippen LogP contribution in [0, 0.1) is 5.92 Å². The Labute approximate surface area is 63.9 Å². The van der Waals surface area contributed by atoms with Crippen molar-refractivity contribution in [1.82, 2.24) is 5.48 Å². The smallest absolute Gasteiger partial charge is 0.0707 e. The molecule has 0 aromatic rings. The molecule has 1 atom stereocenters. The highest BCUT2D eigenvalue weighted by atomic mass is 16.6. The first-order valence-corrected chi connectivity index (χ1v) is 4.15. The highest BCUT2D eigenvalue weighted by molar-refractivity contribution is 4.47. The number of nitrogens with one attached hydrogen (secondary N) is 1. The quantitative estimate of drug-likeness (QED) is 0.455. The molecule has 10 heavy (non-hydrogen) atoms. The molecule has 0 aliphatic carbocycles. The summed E-state index contributed by atoms with van der Waals surface area (Å²) >= 11 is 0. The van der Waals surface area contributed by atoms with Crippen LogP contribution >= 0.6 is 0 Å². The van der Waals surface area contributed by atoms with Gasteiger partial charge in [-0.25, -0.2) is 5.48 Å². The van der Waals surface area contributed by atoms with Crippen LogP contribution in [0.4, 0.5) is 0 Å². The molecule has 0 aliphatic rings. The van der Waals surface area contributed by atoms with E-state index in [1.165, 1.54) is 12.8 Å². The van der Waals surface area contributed by atoms with Crippen LogP contribution < -0.4 is 5.48 Å². The fourth-order valence-corrected chi connectivity index (χ4v) is 0.879. The van der Waals surface area contributed by atoms with Crippen LogP contribution in [0.15, 0.2) is 0 Å². The lowest BCUT2D eigenvalue weighted by Crippen LogP contribution is -2.18. The van der Waals surface area contributed by atoms with Crippen LogP contribution in [-0.2, 0) is 4.84 Å². The van der Waals surface area contributed by atoms with Gasteiger partial charge in [-0.3, -0.25) is 0 Å². The second kappa shape index (κ2) is 7.03. The van der Waals surface area contributed by atoms with Crippen molar-refractivity contribution in [2.24, 2.45) is 5.92 Å². The molecule has 0 aromatic heterocycles. The maximum Gasteiger partial charge on any atom is 0.0707 e. The molecule has 0 radical (unpaired) electrons. The summed E-state index contributed by atoms with van der Waals surface area (Å²) in [5.41, 5.74) is 2.84. The standard InChI is InChI=1S/C8H19NO/c1-4-6-8(3)7-10-9-5-2/h8-9H,4-7H2,1-3H3. The van der Waals surface area contributed by atoms with E-state index in [4.69, 9.17) is 4.84 Å². The molecule has 0 aromatic carbocycles. The zero-order chi connectivity index (χ0) is 7.82. The molecule has 1 N–H and O–H groups in total. The lowest BCUT2D eigenvalue weighted by molar-refractivity contribution is 0.0218. The molecular formula is C8H19NO. The predicted octanol–water partition coefficient (Wildman–Crippen LogP) is 1.96. The monoisotopic (exact) mass is 145 g/mol. The van der Waals surface area contributed by atoms with Crippen molar-refractivity contribution in [3.05, 3.63) is 0 Å². The van der Waals surface area contributed by atoms with E-state index in [2.05, 4.69) is 19.3 Å². The van der Waals surface area contributed by atoms with E-state index in [1.807, 2.05) is 6.92 Å². The van der Waals surface area contributed by atoms with E-state index in [9.17, 15) is 0 Å². The first-order valence-electron chi connectivity index (χ1n) is 4.15. The topological polar surface area (TPSA) is 21.3 Å². The summed E-state index contributed by atoms with van der Waals surface area (Å²) in [4.78, 5) is 5.15. The van der Waals surface area contributed by atoms with Gasteiger partial charge in [0.2, 0.25) is 0 Å². The summed E-state index contributed by atoms with van der Waals surface area (Å²) in [7, 11) is 0. The maximum atomic E-state index is 5.15. The van der Waals surface area contributed by atoms with Gasteiger partial charge in [-0.2, -0.15) is 0 Å². The average Bonchev–Trinajstić information content (AvgIpc) is 1.89. The third-order valence-corrected chi connectivity index (χ3v) is 1.40. The van der Waals surface area contributed by atoms with Crippen molar-refractivity contribution in [1.29, 1.82) is 0 Å². The van der Waals surface area contributed by atoms with Gasteiger partial charge in [-0.1, -0.05) is 27.2 Å². The maximum absolute atomic E-state index is 5.15. The Bertz CT molecular complexity index is 66.3. The summed E-state index contributed by atoms with van der Waals surface area (Å²) in [6.45, 7) is 8.16.